The van der Waals surface area contributed by atoms with Crippen molar-refractivity contribution in [1.82, 2.24) is 19.9 Å². The summed E-state index contributed by atoms with van der Waals surface area (Å²) < 4.78 is 16.8. The van der Waals surface area contributed by atoms with Crippen molar-refractivity contribution in [2.24, 2.45) is 0 Å². The van der Waals surface area contributed by atoms with E-state index in [9.17, 15) is 0 Å². The van der Waals surface area contributed by atoms with Crippen LogP contribution in [0.4, 0.5) is 6.01 Å². The first kappa shape index (κ1) is 20.5. The van der Waals surface area contributed by atoms with Gasteiger partial charge in [0.05, 0.1) is 43.4 Å². The van der Waals surface area contributed by atoms with Crippen molar-refractivity contribution in [1.29, 1.82) is 0 Å². The summed E-state index contributed by atoms with van der Waals surface area (Å²) in [7, 11) is 1.68. The van der Waals surface area contributed by atoms with Gasteiger partial charge in [0.15, 0.2) is 0 Å². The number of hydrogen-bond donors (Lipinski definition) is 1. The SMILES string of the molecule is COc1cccc(CN(Cc2ccc3[nH]cnc3c2)c2nc(CN3CCOCC3)co2)c1. The van der Waals surface area contributed by atoms with E-state index in [4.69, 9.17) is 18.9 Å². The molecule has 8 nitrogen and oxygen atoms in total. The zero-order chi connectivity index (χ0) is 21.8. The Labute approximate surface area is 186 Å². The topological polar surface area (TPSA) is 79.7 Å². The third-order valence-corrected chi connectivity index (χ3v) is 5.67. The number of H-pyrrole nitrogens is 1. The Morgan fingerprint density at radius 3 is 2.78 bits per heavy atom. The van der Waals surface area contributed by atoms with E-state index in [0.29, 0.717) is 19.1 Å². The molecule has 5 rings (SSSR count). The van der Waals surface area contributed by atoms with Crippen LogP contribution in [0, 0.1) is 0 Å². The van der Waals surface area contributed by atoms with E-state index in [1.807, 2.05) is 18.2 Å². The molecule has 1 fully saturated rings. The fourth-order valence-corrected chi connectivity index (χ4v) is 3.98. The Balaban J connectivity index is 1.39. The summed E-state index contributed by atoms with van der Waals surface area (Å²) in [6.45, 7) is 5.42. The van der Waals surface area contributed by atoms with Crippen LogP contribution < -0.4 is 9.64 Å². The Bertz CT molecular complexity index is 1170. The Hall–Kier alpha value is -3.36. The smallest absolute Gasteiger partial charge is 0.298 e. The number of fused-ring (bicyclic) bond motifs is 1. The Morgan fingerprint density at radius 1 is 1.09 bits per heavy atom. The van der Waals surface area contributed by atoms with Crippen LogP contribution in [0.25, 0.3) is 11.0 Å². The molecule has 2 aromatic heterocycles. The van der Waals surface area contributed by atoms with E-state index < -0.39 is 0 Å². The molecule has 2 aromatic carbocycles. The van der Waals surface area contributed by atoms with E-state index in [0.717, 1.165) is 66.5 Å². The number of rotatable bonds is 8. The first-order chi connectivity index (χ1) is 15.8. The van der Waals surface area contributed by atoms with Gasteiger partial charge in [-0.3, -0.25) is 4.90 Å². The summed E-state index contributed by atoms with van der Waals surface area (Å²) in [5.41, 5.74) is 5.17. The maximum Gasteiger partial charge on any atom is 0.298 e. The molecule has 3 heterocycles. The zero-order valence-corrected chi connectivity index (χ0v) is 18.2. The number of morpholine rings is 1. The lowest BCUT2D eigenvalue weighted by molar-refractivity contribution is 0.0336. The molecule has 1 saturated heterocycles. The summed E-state index contributed by atoms with van der Waals surface area (Å²) in [5, 5.41) is 0. The number of aromatic amines is 1. The number of hydrogen-bond acceptors (Lipinski definition) is 7. The molecular formula is C24H27N5O3. The van der Waals surface area contributed by atoms with Crippen molar-refractivity contribution < 1.29 is 13.9 Å². The Kier molecular flexibility index (Phi) is 6.04. The molecule has 1 aliphatic rings. The maximum atomic E-state index is 5.95. The van der Waals surface area contributed by atoms with Gasteiger partial charge in [0.2, 0.25) is 0 Å². The number of nitrogens with one attached hydrogen (secondary N) is 1. The molecule has 0 unspecified atom stereocenters. The van der Waals surface area contributed by atoms with Gasteiger partial charge in [-0.2, -0.15) is 4.98 Å². The average molecular weight is 434 g/mol. The minimum atomic E-state index is 0.609. The molecular weight excluding hydrogens is 406 g/mol. The lowest BCUT2D eigenvalue weighted by Gasteiger charge is -2.25. The highest BCUT2D eigenvalue weighted by Crippen LogP contribution is 2.23. The molecule has 4 aromatic rings. The molecule has 1 aliphatic heterocycles. The molecule has 32 heavy (non-hydrogen) atoms. The quantitative estimate of drug-likeness (QED) is 0.455. The second-order valence-corrected chi connectivity index (χ2v) is 7.97. The van der Waals surface area contributed by atoms with Crippen molar-refractivity contribution in [3.05, 3.63) is 71.9 Å². The lowest BCUT2D eigenvalue weighted by Crippen LogP contribution is -2.35. The maximum absolute atomic E-state index is 5.95. The van der Waals surface area contributed by atoms with E-state index >= 15 is 0 Å². The molecule has 0 amide bonds. The number of nitrogens with zero attached hydrogens (tertiary/aromatic N) is 4. The minimum absolute atomic E-state index is 0.609. The van der Waals surface area contributed by atoms with Crippen LogP contribution in [0.2, 0.25) is 0 Å². The van der Waals surface area contributed by atoms with Gasteiger partial charge in [-0.15, -0.1) is 0 Å². The van der Waals surface area contributed by atoms with Crippen LogP contribution in [-0.2, 0) is 24.4 Å². The van der Waals surface area contributed by atoms with E-state index in [2.05, 4.69) is 44.0 Å². The summed E-state index contributed by atoms with van der Waals surface area (Å²) in [6.07, 6.45) is 3.48. The number of imidazole rings is 1. The van der Waals surface area contributed by atoms with E-state index in [-0.39, 0.29) is 0 Å². The van der Waals surface area contributed by atoms with Crippen molar-refractivity contribution in [3.63, 3.8) is 0 Å². The van der Waals surface area contributed by atoms with Gasteiger partial charge in [-0.05, 0) is 35.4 Å². The van der Waals surface area contributed by atoms with Crippen LogP contribution in [0.1, 0.15) is 16.8 Å². The second kappa shape index (κ2) is 9.42. The summed E-state index contributed by atoms with van der Waals surface area (Å²) >= 11 is 0. The van der Waals surface area contributed by atoms with Crippen molar-refractivity contribution in [2.45, 2.75) is 19.6 Å². The van der Waals surface area contributed by atoms with Gasteiger partial charge in [0.25, 0.3) is 6.01 Å². The van der Waals surface area contributed by atoms with Gasteiger partial charge in [-0.1, -0.05) is 18.2 Å². The monoisotopic (exact) mass is 433 g/mol. The van der Waals surface area contributed by atoms with Crippen LogP contribution in [-0.4, -0.2) is 53.3 Å². The largest absolute Gasteiger partial charge is 0.497 e. The molecule has 0 saturated carbocycles. The second-order valence-electron chi connectivity index (χ2n) is 7.97. The van der Waals surface area contributed by atoms with Gasteiger partial charge in [-0.25, -0.2) is 4.98 Å². The van der Waals surface area contributed by atoms with E-state index in [1.165, 1.54) is 0 Å². The molecule has 0 atom stereocenters. The fourth-order valence-electron chi connectivity index (χ4n) is 3.98. The molecule has 8 heteroatoms. The number of anilines is 1. The standard InChI is InChI=1S/C24H27N5O3/c1-30-21-4-2-3-18(11-21)13-29(14-19-5-6-22-23(12-19)26-17-25-22)24-27-20(16-32-24)15-28-7-9-31-10-8-28/h2-6,11-12,16-17H,7-10,13-15H2,1H3,(H,25,26). The molecule has 0 aliphatic carbocycles. The van der Waals surface area contributed by atoms with Crippen LogP contribution >= 0.6 is 0 Å². The van der Waals surface area contributed by atoms with Crippen LogP contribution in [0.5, 0.6) is 5.75 Å². The van der Waals surface area contributed by atoms with Crippen molar-refractivity contribution >= 4 is 17.0 Å². The number of benzene rings is 2. The predicted octanol–water partition coefficient (Wildman–Crippen LogP) is 3.60. The lowest BCUT2D eigenvalue weighted by atomic mass is 10.1. The Morgan fingerprint density at radius 2 is 1.94 bits per heavy atom. The van der Waals surface area contributed by atoms with Gasteiger partial charge < -0.3 is 23.8 Å². The normalized spacial score (nSPS) is 14.7. The third kappa shape index (κ3) is 4.76. The van der Waals surface area contributed by atoms with Gasteiger partial charge in [0.1, 0.15) is 12.0 Å². The summed E-state index contributed by atoms with van der Waals surface area (Å²) in [5.74, 6) is 0.834. The van der Waals surface area contributed by atoms with Gasteiger partial charge in [0, 0.05) is 32.7 Å². The minimum Gasteiger partial charge on any atom is -0.497 e. The molecule has 166 valence electrons. The highest BCUT2D eigenvalue weighted by molar-refractivity contribution is 5.75. The highest BCUT2D eigenvalue weighted by atomic mass is 16.5. The third-order valence-electron chi connectivity index (χ3n) is 5.67. The molecule has 0 bridgehead atoms. The van der Waals surface area contributed by atoms with Crippen LogP contribution in [0.15, 0.2) is 59.5 Å². The average Bonchev–Trinajstić information content (AvgIpc) is 3.49. The zero-order valence-electron chi connectivity index (χ0n) is 18.2. The highest BCUT2D eigenvalue weighted by Gasteiger charge is 2.18. The number of aromatic nitrogens is 3. The number of methoxy groups -OCH3 is 1. The number of ether oxygens (including phenoxy) is 2. The van der Waals surface area contributed by atoms with E-state index in [1.54, 1.807) is 19.7 Å². The van der Waals surface area contributed by atoms with Crippen molar-refractivity contribution in [3.8, 4) is 5.75 Å². The molecule has 0 radical (unpaired) electrons. The first-order valence-corrected chi connectivity index (χ1v) is 10.8. The van der Waals surface area contributed by atoms with Crippen molar-refractivity contribution in [2.75, 3.05) is 38.3 Å². The van der Waals surface area contributed by atoms with Crippen LogP contribution in [0.3, 0.4) is 0 Å². The summed E-state index contributed by atoms with van der Waals surface area (Å²) in [4.78, 5) is 16.8. The predicted molar refractivity (Wildman–Crippen MR) is 122 cm³/mol. The molecule has 0 spiro atoms. The molecule has 1 N–H and O–H groups in total. The number of oxazole rings is 1. The van der Waals surface area contributed by atoms with Gasteiger partial charge >= 0.3 is 0 Å². The summed E-state index contributed by atoms with van der Waals surface area (Å²) in [6, 6.07) is 15.0. The fraction of sp³-hybridized carbons (Fsp3) is 0.333. The first-order valence-electron chi connectivity index (χ1n) is 10.8.